The molecule has 0 N–H and O–H groups in total. The van der Waals surface area contributed by atoms with E-state index in [4.69, 9.17) is 5.53 Å². The Kier molecular flexibility index (Phi) is 2.62. The fraction of sp³-hybridized carbons (Fsp3) is 0.111. The van der Waals surface area contributed by atoms with Crippen molar-refractivity contribution < 1.29 is 0 Å². The molecule has 1 heterocycles. The number of rotatable bonds is 3. The molecule has 0 fully saturated rings. The van der Waals surface area contributed by atoms with Crippen molar-refractivity contribution in [3.63, 3.8) is 0 Å². The lowest BCUT2D eigenvalue weighted by Crippen LogP contribution is -1.99. The van der Waals surface area contributed by atoms with E-state index in [0.29, 0.717) is 12.2 Å². The Labute approximate surface area is 85.8 Å². The van der Waals surface area contributed by atoms with E-state index in [1.165, 1.54) is 6.33 Å². The molecule has 6 heteroatoms. The zero-order valence-corrected chi connectivity index (χ0v) is 7.85. The zero-order chi connectivity index (χ0) is 10.5. The van der Waals surface area contributed by atoms with Gasteiger partial charge in [-0.25, -0.2) is 9.67 Å². The first-order chi connectivity index (χ1) is 7.38. The Morgan fingerprint density at radius 2 is 2.13 bits per heavy atom. The number of aromatic nitrogens is 3. The minimum Gasteiger partial charge on any atom is -0.249 e. The molecule has 0 radical (unpaired) electrons. The van der Waals surface area contributed by atoms with Crippen LogP contribution in [-0.4, -0.2) is 14.8 Å². The molecule has 0 atom stereocenters. The Hall–Kier alpha value is -2.33. The third-order valence-electron chi connectivity index (χ3n) is 1.91. The molecule has 0 spiro atoms. The van der Waals surface area contributed by atoms with Gasteiger partial charge in [0.25, 0.3) is 0 Å². The summed E-state index contributed by atoms with van der Waals surface area (Å²) in [5.41, 5.74) is 9.92. The molecule has 0 saturated carbocycles. The number of hydrogen-bond donors (Lipinski definition) is 0. The van der Waals surface area contributed by atoms with Gasteiger partial charge < -0.3 is 0 Å². The summed E-state index contributed by atoms with van der Waals surface area (Å²) in [5.74, 6) is 0. The van der Waals surface area contributed by atoms with Crippen LogP contribution in [0.1, 0.15) is 5.56 Å². The monoisotopic (exact) mass is 200 g/mol. The second-order valence-corrected chi connectivity index (χ2v) is 2.95. The summed E-state index contributed by atoms with van der Waals surface area (Å²) in [4.78, 5) is 6.56. The van der Waals surface area contributed by atoms with Crippen molar-refractivity contribution in [3.05, 3.63) is 52.9 Å². The number of benzene rings is 1. The lowest BCUT2D eigenvalue weighted by Gasteiger charge is -2.00. The molecular weight excluding hydrogens is 192 g/mol. The van der Waals surface area contributed by atoms with Crippen LogP contribution >= 0.6 is 0 Å². The molecule has 2 rings (SSSR count). The summed E-state index contributed by atoms with van der Waals surface area (Å²) in [6, 6.07) is 7.33. The Bertz CT molecular complexity index is 466. The molecule has 0 aliphatic carbocycles. The van der Waals surface area contributed by atoms with Crippen LogP contribution in [0.5, 0.6) is 0 Å². The molecule has 0 saturated heterocycles. The van der Waals surface area contributed by atoms with E-state index in [0.717, 1.165) is 5.56 Å². The maximum absolute atomic E-state index is 8.23. The molecule has 0 aliphatic heterocycles. The number of nitrogens with zero attached hydrogens (tertiary/aromatic N) is 6. The van der Waals surface area contributed by atoms with E-state index in [2.05, 4.69) is 20.1 Å². The average Bonchev–Trinajstić information content (AvgIpc) is 2.74. The predicted octanol–water partition coefficient (Wildman–Crippen LogP) is 2.27. The Balaban J connectivity index is 2.14. The largest absolute Gasteiger partial charge is 0.249 e. The highest BCUT2D eigenvalue weighted by Crippen LogP contribution is 2.13. The van der Waals surface area contributed by atoms with Crippen LogP contribution in [0.2, 0.25) is 0 Å². The van der Waals surface area contributed by atoms with E-state index in [-0.39, 0.29) is 0 Å². The highest BCUT2D eigenvalue weighted by atomic mass is 15.3. The standard InChI is InChI=1S/C9H8N6/c10-14-13-9-3-1-8(2-4-9)5-15-7-11-6-12-15/h1-4,6-7H,5H2. The Morgan fingerprint density at radius 3 is 2.73 bits per heavy atom. The minimum atomic E-state index is 0.611. The van der Waals surface area contributed by atoms with Crippen LogP contribution < -0.4 is 0 Å². The van der Waals surface area contributed by atoms with Crippen LogP contribution in [0, 0.1) is 0 Å². The Morgan fingerprint density at radius 1 is 1.33 bits per heavy atom. The van der Waals surface area contributed by atoms with Gasteiger partial charge in [0, 0.05) is 10.6 Å². The van der Waals surface area contributed by atoms with Crippen molar-refractivity contribution in [1.29, 1.82) is 0 Å². The van der Waals surface area contributed by atoms with Crippen LogP contribution in [0.4, 0.5) is 5.69 Å². The molecule has 1 aromatic heterocycles. The van der Waals surface area contributed by atoms with E-state index >= 15 is 0 Å². The van der Waals surface area contributed by atoms with Gasteiger partial charge in [0.05, 0.1) is 6.54 Å². The fourth-order valence-corrected chi connectivity index (χ4v) is 1.22. The maximum Gasteiger partial charge on any atom is 0.137 e. The lowest BCUT2D eigenvalue weighted by atomic mass is 10.2. The van der Waals surface area contributed by atoms with Gasteiger partial charge in [0.1, 0.15) is 12.7 Å². The van der Waals surface area contributed by atoms with Crippen molar-refractivity contribution >= 4 is 5.69 Å². The number of hydrogen-bond acceptors (Lipinski definition) is 3. The maximum atomic E-state index is 8.23. The first-order valence-electron chi connectivity index (χ1n) is 4.35. The highest BCUT2D eigenvalue weighted by molar-refractivity contribution is 5.38. The quantitative estimate of drug-likeness (QED) is 0.432. The van der Waals surface area contributed by atoms with E-state index in [9.17, 15) is 0 Å². The van der Waals surface area contributed by atoms with Crippen molar-refractivity contribution in [2.45, 2.75) is 6.54 Å². The third-order valence-corrected chi connectivity index (χ3v) is 1.91. The fourth-order valence-electron chi connectivity index (χ4n) is 1.22. The van der Waals surface area contributed by atoms with E-state index in [1.807, 2.05) is 12.1 Å². The molecule has 0 bridgehead atoms. The van der Waals surface area contributed by atoms with Crippen molar-refractivity contribution in [1.82, 2.24) is 14.8 Å². The molecule has 15 heavy (non-hydrogen) atoms. The van der Waals surface area contributed by atoms with E-state index < -0.39 is 0 Å². The summed E-state index contributed by atoms with van der Waals surface area (Å²) in [6.45, 7) is 0.663. The molecule has 0 aliphatic rings. The first-order valence-corrected chi connectivity index (χ1v) is 4.35. The van der Waals surface area contributed by atoms with Crippen molar-refractivity contribution in [2.75, 3.05) is 0 Å². The zero-order valence-electron chi connectivity index (χ0n) is 7.85. The molecular formula is C9H8N6. The molecule has 6 nitrogen and oxygen atoms in total. The van der Waals surface area contributed by atoms with Gasteiger partial charge in [0.2, 0.25) is 0 Å². The van der Waals surface area contributed by atoms with Crippen LogP contribution in [0.25, 0.3) is 10.4 Å². The van der Waals surface area contributed by atoms with Crippen LogP contribution in [-0.2, 0) is 6.54 Å². The molecule has 2 aromatic rings. The van der Waals surface area contributed by atoms with Crippen LogP contribution in [0.3, 0.4) is 0 Å². The summed E-state index contributed by atoms with van der Waals surface area (Å²) < 4.78 is 1.72. The summed E-state index contributed by atoms with van der Waals surface area (Å²) in [7, 11) is 0. The van der Waals surface area contributed by atoms with Gasteiger partial charge in [-0.2, -0.15) is 5.10 Å². The first kappa shape index (κ1) is 9.23. The second-order valence-electron chi connectivity index (χ2n) is 2.95. The summed E-state index contributed by atoms with van der Waals surface area (Å²) in [5, 5.41) is 7.48. The lowest BCUT2D eigenvalue weighted by molar-refractivity contribution is 0.685. The van der Waals surface area contributed by atoms with Crippen LogP contribution in [0.15, 0.2) is 42.0 Å². The average molecular weight is 200 g/mol. The van der Waals surface area contributed by atoms with Gasteiger partial charge in [0.15, 0.2) is 0 Å². The minimum absolute atomic E-state index is 0.611. The topological polar surface area (TPSA) is 79.5 Å². The molecule has 74 valence electrons. The molecule has 0 unspecified atom stereocenters. The third kappa shape index (κ3) is 2.32. The highest BCUT2D eigenvalue weighted by Gasteiger charge is 1.95. The molecule has 0 amide bonds. The SMILES string of the molecule is [N-]=[N+]=Nc1ccc(Cn2cncn2)cc1. The smallest absolute Gasteiger partial charge is 0.137 e. The van der Waals surface area contributed by atoms with Crippen molar-refractivity contribution in [2.24, 2.45) is 5.11 Å². The summed E-state index contributed by atoms with van der Waals surface area (Å²) in [6.07, 6.45) is 3.15. The predicted molar refractivity (Wildman–Crippen MR) is 54.4 cm³/mol. The van der Waals surface area contributed by atoms with Gasteiger partial charge in [-0.05, 0) is 11.1 Å². The van der Waals surface area contributed by atoms with Gasteiger partial charge in [-0.15, -0.1) is 0 Å². The second kappa shape index (κ2) is 4.26. The van der Waals surface area contributed by atoms with Gasteiger partial charge >= 0.3 is 0 Å². The van der Waals surface area contributed by atoms with Gasteiger partial charge in [-0.1, -0.05) is 29.4 Å². The molecule has 1 aromatic carbocycles. The van der Waals surface area contributed by atoms with Gasteiger partial charge in [-0.3, -0.25) is 0 Å². The number of azide groups is 1. The van der Waals surface area contributed by atoms with E-state index in [1.54, 1.807) is 23.1 Å². The normalized spacial score (nSPS) is 9.60. The summed E-state index contributed by atoms with van der Waals surface area (Å²) >= 11 is 0. The van der Waals surface area contributed by atoms with Crippen molar-refractivity contribution in [3.8, 4) is 0 Å².